The van der Waals surface area contributed by atoms with Crippen molar-refractivity contribution in [2.75, 3.05) is 0 Å². The molecule has 0 radical (unpaired) electrons. The van der Waals surface area contributed by atoms with E-state index in [2.05, 4.69) is 170 Å². The average molecular weight is 613 g/mol. The molecule has 0 aliphatic rings. The highest BCUT2D eigenvalue weighted by Gasteiger charge is 2.19. The fraction of sp³-hybridized carbons (Fsp3) is 0. The van der Waals surface area contributed by atoms with Gasteiger partial charge in [-0.05, 0) is 88.6 Å². The summed E-state index contributed by atoms with van der Waals surface area (Å²) in [6.45, 7) is 0. The van der Waals surface area contributed by atoms with Crippen LogP contribution in [0.5, 0.6) is 0 Å². The summed E-state index contributed by atoms with van der Waals surface area (Å²) in [5, 5.41) is 12.9. The van der Waals surface area contributed by atoms with E-state index in [1.165, 1.54) is 96.6 Å². The highest BCUT2D eigenvalue weighted by atomic mass is 32.1. The largest absolute Gasteiger partial charge is 0.135 e. The SMILES string of the molecule is c1ccc(-c2ccc(-c3c4ccccc4c(-c4ccc5sc6c7ccccc7ccc6c5c4)c4ccccc34)c3ccccc23)cc1. The minimum Gasteiger partial charge on any atom is -0.135 e. The van der Waals surface area contributed by atoms with E-state index in [1.807, 2.05) is 11.3 Å². The summed E-state index contributed by atoms with van der Waals surface area (Å²) >= 11 is 1.90. The van der Waals surface area contributed by atoms with E-state index in [-0.39, 0.29) is 0 Å². The van der Waals surface area contributed by atoms with Crippen LogP contribution in [0.3, 0.4) is 0 Å². The maximum absolute atomic E-state index is 2.43. The predicted molar refractivity (Wildman–Crippen MR) is 206 cm³/mol. The lowest BCUT2D eigenvalue weighted by molar-refractivity contribution is 1.64. The number of thiophene rings is 1. The average Bonchev–Trinajstić information content (AvgIpc) is 3.52. The van der Waals surface area contributed by atoms with Crippen molar-refractivity contribution in [2.24, 2.45) is 0 Å². The van der Waals surface area contributed by atoms with Crippen LogP contribution in [0.25, 0.3) is 96.6 Å². The van der Waals surface area contributed by atoms with Crippen molar-refractivity contribution in [3.63, 3.8) is 0 Å². The Morgan fingerprint density at radius 2 is 0.851 bits per heavy atom. The second kappa shape index (κ2) is 10.4. The summed E-state index contributed by atoms with van der Waals surface area (Å²) in [4.78, 5) is 0. The molecule has 0 aliphatic heterocycles. The molecule has 0 saturated carbocycles. The van der Waals surface area contributed by atoms with Crippen LogP contribution >= 0.6 is 11.3 Å². The fourth-order valence-electron chi connectivity index (χ4n) is 7.78. The molecule has 0 N–H and O–H groups in total. The zero-order valence-corrected chi connectivity index (χ0v) is 26.4. The zero-order valence-electron chi connectivity index (χ0n) is 25.6. The molecule has 1 heterocycles. The molecule has 9 aromatic carbocycles. The van der Waals surface area contributed by atoms with Gasteiger partial charge >= 0.3 is 0 Å². The number of hydrogen-bond donors (Lipinski definition) is 0. The van der Waals surface area contributed by atoms with Crippen molar-refractivity contribution in [1.82, 2.24) is 0 Å². The predicted octanol–water partition coefficient (Wildman–Crippen LogP) is 13.7. The van der Waals surface area contributed by atoms with Crippen LogP contribution in [0.4, 0.5) is 0 Å². The lowest BCUT2D eigenvalue weighted by atomic mass is 9.83. The van der Waals surface area contributed by atoms with Crippen molar-refractivity contribution >= 4 is 74.6 Å². The molecular formula is C46H28S. The van der Waals surface area contributed by atoms with Gasteiger partial charge in [-0.2, -0.15) is 0 Å². The smallest absolute Gasteiger partial charge is 0.0433 e. The van der Waals surface area contributed by atoms with Gasteiger partial charge in [-0.3, -0.25) is 0 Å². The molecule has 0 unspecified atom stereocenters. The van der Waals surface area contributed by atoms with Gasteiger partial charge in [0.05, 0.1) is 0 Å². The molecule has 0 atom stereocenters. The number of rotatable bonds is 3. The van der Waals surface area contributed by atoms with Crippen molar-refractivity contribution in [1.29, 1.82) is 0 Å². The monoisotopic (exact) mass is 612 g/mol. The molecule has 218 valence electrons. The third-order valence-electron chi connectivity index (χ3n) is 9.86. The molecule has 0 saturated heterocycles. The molecule has 0 bridgehead atoms. The fourth-order valence-corrected chi connectivity index (χ4v) is 8.99. The van der Waals surface area contributed by atoms with Crippen molar-refractivity contribution < 1.29 is 0 Å². The Kier molecular flexibility index (Phi) is 5.85. The third kappa shape index (κ3) is 4.00. The van der Waals surface area contributed by atoms with Gasteiger partial charge in [0.15, 0.2) is 0 Å². The Hall–Kier alpha value is -5.76. The van der Waals surface area contributed by atoms with Crippen LogP contribution in [-0.2, 0) is 0 Å². The molecule has 0 spiro atoms. The Labute approximate surface area is 276 Å². The Morgan fingerprint density at radius 1 is 0.298 bits per heavy atom. The molecule has 10 aromatic rings. The normalized spacial score (nSPS) is 11.8. The number of benzene rings is 9. The van der Waals surface area contributed by atoms with E-state index >= 15 is 0 Å². The molecule has 47 heavy (non-hydrogen) atoms. The molecule has 0 amide bonds. The van der Waals surface area contributed by atoms with Crippen LogP contribution in [0, 0.1) is 0 Å². The Bertz CT molecular complexity index is 2780. The van der Waals surface area contributed by atoms with Crippen molar-refractivity contribution in [3.8, 4) is 33.4 Å². The molecular weight excluding hydrogens is 585 g/mol. The topological polar surface area (TPSA) is 0 Å². The van der Waals surface area contributed by atoms with Crippen molar-refractivity contribution in [3.05, 3.63) is 170 Å². The van der Waals surface area contributed by atoms with E-state index in [1.54, 1.807) is 0 Å². The van der Waals surface area contributed by atoms with Gasteiger partial charge in [0.2, 0.25) is 0 Å². The summed E-state index contributed by atoms with van der Waals surface area (Å²) in [6.07, 6.45) is 0. The molecule has 1 heteroatoms. The van der Waals surface area contributed by atoms with Crippen molar-refractivity contribution in [2.45, 2.75) is 0 Å². The van der Waals surface area contributed by atoms with E-state index in [0.717, 1.165) is 0 Å². The third-order valence-corrected chi connectivity index (χ3v) is 11.1. The minimum absolute atomic E-state index is 1.24. The molecule has 1 aromatic heterocycles. The first-order chi connectivity index (χ1) is 23.3. The summed E-state index contributed by atoms with van der Waals surface area (Å²) in [5.74, 6) is 0. The summed E-state index contributed by atoms with van der Waals surface area (Å²) in [7, 11) is 0. The van der Waals surface area contributed by atoms with Gasteiger partial charge < -0.3 is 0 Å². The van der Waals surface area contributed by atoms with Crippen LogP contribution in [-0.4, -0.2) is 0 Å². The minimum atomic E-state index is 1.24. The molecule has 0 nitrogen and oxygen atoms in total. The first-order valence-corrected chi connectivity index (χ1v) is 17.0. The number of hydrogen-bond acceptors (Lipinski definition) is 1. The lowest BCUT2D eigenvalue weighted by Gasteiger charge is -2.19. The molecule has 10 rings (SSSR count). The van der Waals surface area contributed by atoms with Crippen LogP contribution < -0.4 is 0 Å². The Morgan fingerprint density at radius 3 is 1.55 bits per heavy atom. The van der Waals surface area contributed by atoms with Crippen LogP contribution in [0.1, 0.15) is 0 Å². The van der Waals surface area contributed by atoms with Crippen LogP contribution in [0.15, 0.2) is 170 Å². The maximum atomic E-state index is 2.43. The van der Waals surface area contributed by atoms with Gasteiger partial charge in [0.25, 0.3) is 0 Å². The quantitative estimate of drug-likeness (QED) is 0.174. The van der Waals surface area contributed by atoms with Gasteiger partial charge in [0.1, 0.15) is 0 Å². The first kappa shape index (κ1) is 26.5. The second-order valence-electron chi connectivity index (χ2n) is 12.4. The summed E-state index contributed by atoms with van der Waals surface area (Å²) in [5.41, 5.74) is 7.62. The zero-order chi connectivity index (χ0) is 30.9. The molecule has 0 fully saturated rings. The highest BCUT2D eigenvalue weighted by molar-refractivity contribution is 7.26. The van der Waals surface area contributed by atoms with Gasteiger partial charge in [-0.15, -0.1) is 11.3 Å². The summed E-state index contributed by atoms with van der Waals surface area (Å²) in [6, 6.07) is 62.7. The standard InChI is InChI=1S/C46H28S/c1-2-12-29(13-3-1)32-25-26-40(35-17-7-6-16-34(32)35)45-38-20-10-8-18-36(38)44(37-19-9-11-21-39(37)45)31-23-27-43-42(28-31)41-24-22-30-14-4-5-15-33(30)46(41)47-43/h1-28H. The van der Waals surface area contributed by atoms with Gasteiger partial charge in [-0.25, -0.2) is 0 Å². The van der Waals surface area contributed by atoms with E-state index in [9.17, 15) is 0 Å². The number of fused-ring (bicyclic) bond motifs is 8. The maximum Gasteiger partial charge on any atom is 0.0433 e. The highest BCUT2D eigenvalue weighted by Crippen LogP contribution is 2.47. The first-order valence-electron chi connectivity index (χ1n) is 16.2. The molecule has 0 aliphatic carbocycles. The van der Waals surface area contributed by atoms with Gasteiger partial charge in [-0.1, -0.05) is 158 Å². The second-order valence-corrected chi connectivity index (χ2v) is 13.4. The van der Waals surface area contributed by atoms with Gasteiger partial charge in [0, 0.05) is 20.2 Å². The van der Waals surface area contributed by atoms with E-state index in [0.29, 0.717) is 0 Å². The summed E-state index contributed by atoms with van der Waals surface area (Å²) < 4.78 is 2.70. The van der Waals surface area contributed by atoms with Crippen LogP contribution in [0.2, 0.25) is 0 Å². The lowest BCUT2D eigenvalue weighted by Crippen LogP contribution is -1.92. The Balaban J connectivity index is 1.27. The van der Waals surface area contributed by atoms with E-state index < -0.39 is 0 Å². The van der Waals surface area contributed by atoms with E-state index in [4.69, 9.17) is 0 Å².